The van der Waals surface area contributed by atoms with E-state index in [1.54, 1.807) is 27.7 Å². The first-order chi connectivity index (χ1) is 13.3. The highest BCUT2D eigenvalue weighted by molar-refractivity contribution is 5.71. The molecule has 1 aliphatic heterocycles. The summed E-state index contributed by atoms with van der Waals surface area (Å²) in [5, 5.41) is 10.2. The Morgan fingerprint density at radius 1 is 0.821 bits per heavy atom. The van der Waals surface area contributed by atoms with Crippen molar-refractivity contribution >= 4 is 23.9 Å². The highest BCUT2D eigenvalue weighted by atomic mass is 16.7. The first kappa shape index (κ1) is 23.8. The Labute approximate surface area is 163 Å². The molecule has 1 heterocycles. The first-order valence-corrected chi connectivity index (χ1v) is 9.34. The minimum atomic E-state index is -1.61. The van der Waals surface area contributed by atoms with Crippen LogP contribution in [0.25, 0.3) is 0 Å². The van der Waals surface area contributed by atoms with E-state index in [9.17, 15) is 24.3 Å². The molecule has 1 N–H and O–H groups in total. The van der Waals surface area contributed by atoms with Gasteiger partial charge in [-0.1, -0.05) is 27.7 Å². The van der Waals surface area contributed by atoms with Gasteiger partial charge in [0.05, 0.1) is 0 Å². The van der Waals surface area contributed by atoms with E-state index in [2.05, 4.69) is 0 Å². The molecule has 1 saturated heterocycles. The van der Waals surface area contributed by atoms with Crippen LogP contribution in [0.4, 0.5) is 0 Å². The van der Waals surface area contributed by atoms with Gasteiger partial charge in [-0.05, 0) is 0 Å². The fraction of sp³-hybridized carbons (Fsp3) is 0.778. The summed E-state index contributed by atoms with van der Waals surface area (Å²) in [6, 6.07) is 0. The van der Waals surface area contributed by atoms with E-state index >= 15 is 0 Å². The molecule has 0 amide bonds. The maximum atomic E-state index is 11.8. The molecule has 0 bridgehead atoms. The number of hydrogen-bond acceptors (Lipinski definition) is 10. The average Bonchev–Trinajstić information content (AvgIpc) is 2.99. The van der Waals surface area contributed by atoms with E-state index in [1.165, 1.54) is 0 Å². The maximum Gasteiger partial charge on any atom is 0.306 e. The highest BCUT2D eigenvalue weighted by Crippen LogP contribution is 2.30. The molecule has 1 fully saturated rings. The molecule has 0 aromatic rings. The zero-order chi connectivity index (χ0) is 21.3. The van der Waals surface area contributed by atoms with Crippen LogP contribution in [0.2, 0.25) is 0 Å². The molecule has 0 aromatic heterocycles. The van der Waals surface area contributed by atoms with Crippen molar-refractivity contribution in [1.29, 1.82) is 0 Å². The fourth-order valence-electron chi connectivity index (χ4n) is 2.42. The van der Waals surface area contributed by atoms with Crippen LogP contribution in [0.3, 0.4) is 0 Å². The van der Waals surface area contributed by atoms with Crippen molar-refractivity contribution in [1.82, 2.24) is 0 Å². The topological polar surface area (TPSA) is 135 Å². The molecule has 0 unspecified atom stereocenters. The van der Waals surface area contributed by atoms with E-state index < -0.39 is 54.6 Å². The molecule has 0 aromatic carbocycles. The van der Waals surface area contributed by atoms with Crippen LogP contribution in [0, 0.1) is 0 Å². The third-order valence-corrected chi connectivity index (χ3v) is 3.97. The van der Waals surface area contributed by atoms with Crippen molar-refractivity contribution < 1.29 is 48.0 Å². The van der Waals surface area contributed by atoms with Crippen LogP contribution in [0.15, 0.2) is 0 Å². The molecule has 0 aliphatic carbocycles. The van der Waals surface area contributed by atoms with Gasteiger partial charge in [0, 0.05) is 25.7 Å². The molecule has 10 nitrogen and oxygen atoms in total. The van der Waals surface area contributed by atoms with Gasteiger partial charge in [-0.2, -0.15) is 0 Å². The molecule has 1 aliphatic rings. The van der Waals surface area contributed by atoms with E-state index in [1.807, 2.05) is 0 Å². The van der Waals surface area contributed by atoms with E-state index in [0.29, 0.717) is 0 Å². The van der Waals surface area contributed by atoms with Gasteiger partial charge in [-0.15, -0.1) is 0 Å². The Morgan fingerprint density at radius 2 is 1.32 bits per heavy atom. The number of esters is 4. The molecule has 28 heavy (non-hydrogen) atoms. The number of aliphatic hydroxyl groups is 1. The number of rotatable bonds is 10. The van der Waals surface area contributed by atoms with Crippen LogP contribution < -0.4 is 0 Å². The standard InChI is InChI=1S/C18H28O10/c1-5-11(19)24-9-10(25-12(20)6-2)15-16(26-13(21)7-3)17(18(23)28-15)27-14(22)8-4/h10,15-18,23H,5-9H2,1-4H3/t10-,15-,16+,17-,18+/m1/s1. The predicted octanol–water partition coefficient (Wildman–Crippen LogP) is 0.622. The number of carbonyl (C=O) groups excluding carboxylic acids is 4. The molecule has 160 valence electrons. The summed E-state index contributed by atoms with van der Waals surface area (Å²) in [6.07, 6.45) is -6.32. The normalized spacial score (nSPS) is 24.9. The quantitative estimate of drug-likeness (QED) is 0.408. The van der Waals surface area contributed by atoms with Gasteiger partial charge in [0.1, 0.15) is 12.7 Å². The third kappa shape index (κ3) is 6.75. The fourth-order valence-corrected chi connectivity index (χ4v) is 2.42. The summed E-state index contributed by atoms with van der Waals surface area (Å²) in [5.41, 5.74) is 0. The summed E-state index contributed by atoms with van der Waals surface area (Å²) in [4.78, 5) is 46.8. The summed E-state index contributed by atoms with van der Waals surface area (Å²) in [7, 11) is 0. The largest absolute Gasteiger partial charge is 0.462 e. The summed E-state index contributed by atoms with van der Waals surface area (Å²) in [5.74, 6) is -2.40. The summed E-state index contributed by atoms with van der Waals surface area (Å²) < 4.78 is 26.1. The zero-order valence-corrected chi connectivity index (χ0v) is 16.5. The minimum Gasteiger partial charge on any atom is -0.462 e. The summed E-state index contributed by atoms with van der Waals surface area (Å²) >= 11 is 0. The van der Waals surface area contributed by atoms with Crippen LogP contribution in [0.5, 0.6) is 0 Å². The summed E-state index contributed by atoms with van der Waals surface area (Å²) in [6.45, 7) is 5.92. The number of ether oxygens (including phenoxy) is 5. The molecule has 0 saturated carbocycles. The monoisotopic (exact) mass is 404 g/mol. The van der Waals surface area contributed by atoms with E-state index in [0.717, 1.165) is 0 Å². The van der Waals surface area contributed by atoms with Gasteiger partial charge >= 0.3 is 23.9 Å². The van der Waals surface area contributed by atoms with Gasteiger partial charge in [0.15, 0.2) is 24.6 Å². The molecule has 10 heteroatoms. The van der Waals surface area contributed by atoms with Gasteiger partial charge in [0.2, 0.25) is 0 Å². The Kier molecular flexibility index (Phi) is 9.88. The molecular weight excluding hydrogens is 376 g/mol. The first-order valence-electron chi connectivity index (χ1n) is 9.34. The Morgan fingerprint density at radius 3 is 1.82 bits per heavy atom. The van der Waals surface area contributed by atoms with Crippen LogP contribution in [0.1, 0.15) is 53.4 Å². The van der Waals surface area contributed by atoms with Crippen molar-refractivity contribution in [3.05, 3.63) is 0 Å². The van der Waals surface area contributed by atoms with E-state index in [4.69, 9.17) is 23.7 Å². The van der Waals surface area contributed by atoms with Crippen molar-refractivity contribution in [2.45, 2.75) is 84.1 Å². The lowest BCUT2D eigenvalue weighted by atomic mass is 10.1. The SMILES string of the molecule is CCC(=O)OC[C@@H](OC(=O)CC)[C@H]1O[C@H](O)[C@H](OC(=O)CC)[C@H]1OC(=O)CC. The van der Waals surface area contributed by atoms with Crippen LogP contribution in [-0.2, 0) is 42.9 Å². The lowest BCUT2D eigenvalue weighted by molar-refractivity contribution is -0.186. The second-order valence-electron chi connectivity index (χ2n) is 6.03. The minimum absolute atomic E-state index is 0.0258. The average molecular weight is 404 g/mol. The maximum absolute atomic E-state index is 11.8. The van der Waals surface area contributed by atoms with Crippen molar-refractivity contribution in [3.63, 3.8) is 0 Å². The lowest BCUT2D eigenvalue weighted by Crippen LogP contribution is -2.47. The Hall–Kier alpha value is -2.20. The smallest absolute Gasteiger partial charge is 0.306 e. The van der Waals surface area contributed by atoms with Crippen molar-refractivity contribution in [2.75, 3.05) is 6.61 Å². The van der Waals surface area contributed by atoms with E-state index in [-0.39, 0.29) is 32.3 Å². The van der Waals surface area contributed by atoms with Crippen LogP contribution >= 0.6 is 0 Å². The van der Waals surface area contributed by atoms with Crippen LogP contribution in [-0.4, -0.2) is 66.3 Å². The number of hydrogen-bond donors (Lipinski definition) is 1. The second-order valence-corrected chi connectivity index (χ2v) is 6.03. The molecular formula is C18H28O10. The van der Waals surface area contributed by atoms with Gasteiger partial charge < -0.3 is 28.8 Å². The second kappa shape index (κ2) is 11.6. The molecule has 0 spiro atoms. The highest BCUT2D eigenvalue weighted by Gasteiger charge is 2.53. The van der Waals surface area contributed by atoms with Gasteiger partial charge in [0.25, 0.3) is 0 Å². The van der Waals surface area contributed by atoms with Crippen molar-refractivity contribution in [3.8, 4) is 0 Å². The zero-order valence-electron chi connectivity index (χ0n) is 16.5. The lowest BCUT2D eigenvalue weighted by Gasteiger charge is -2.28. The number of aliphatic hydroxyl groups excluding tert-OH is 1. The molecule has 0 radical (unpaired) electrons. The number of carbonyl (C=O) groups is 4. The molecule has 1 rings (SSSR count). The predicted molar refractivity (Wildman–Crippen MR) is 92.6 cm³/mol. The third-order valence-electron chi connectivity index (χ3n) is 3.97. The van der Waals surface area contributed by atoms with Gasteiger partial charge in [-0.3, -0.25) is 19.2 Å². The molecule has 5 atom stereocenters. The Balaban J connectivity index is 3.10. The van der Waals surface area contributed by atoms with Crippen molar-refractivity contribution in [2.24, 2.45) is 0 Å². The van der Waals surface area contributed by atoms with Gasteiger partial charge in [-0.25, -0.2) is 0 Å². The Bertz CT molecular complexity index is 561.